The first kappa shape index (κ1) is 17.5. The molecule has 1 saturated heterocycles. The Bertz CT molecular complexity index is 723. The van der Waals surface area contributed by atoms with Crippen LogP contribution in [-0.2, 0) is 4.74 Å². The van der Waals surface area contributed by atoms with E-state index in [0.29, 0.717) is 22.2 Å². The SMILES string of the molecule is C[Si](C)(C)C1(C[C@@H]2CN(c3ccc(I)c(F)c3)C(=O)O2)C=NN=N1. The molecule has 2 aliphatic heterocycles. The van der Waals surface area contributed by atoms with Gasteiger partial charge in [0.1, 0.15) is 17.1 Å². The molecular weight excluding hydrogens is 442 g/mol. The number of halogens is 2. The zero-order valence-electron chi connectivity index (χ0n) is 13.7. The van der Waals surface area contributed by atoms with Gasteiger partial charge in [0, 0.05) is 9.99 Å². The third-order valence-electron chi connectivity index (χ3n) is 4.47. The van der Waals surface area contributed by atoms with Crippen molar-refractivity contribution in [2.24, 2.45) is 15.4 Å². The van der Waals surface area contributed by atoms with Gasteiger partial charge in [-0.25, -0.2) is 9.18 Å². The Morgan fingerprint density at radius 2 is 2.21 bits per heavy atom. The number of rotatable bonds is 4. The number of benzene rings is 1. The first-order chi connectivity index (χ1) is 11.2. The summed E-state index contributed by atoms with van der Waals surface area (Å²) in [6, 6.07) is 4.73. The Labute approximate surface area is 154 Å². The number of carbonyl (C=O) groups is 1. The maximum absolute atomic E-state index is 13.8. The maximum Gasteiger partial charge on any atom is 0.414 e. The van der Waals surface area contributed by atoms with Gasteiger partial charge >= 0.3 is 6.09 Å². The van der Waals surface area contributed by atoms with Crippen LogP contribution in [-0.4, -0.2) is 38.2 Å². The van der Waals surface area contributed by atoms with E-state index in [1.165, 1.54) is 11.0 Å². The summed E-state index contributed by atoms with van der Waals surface area (Å²) in [7, 11) is -1.76. The molecule has 0 spiro atoms. The van der Waals surface area contributed by atoms with Gasteiger partial charge in [-0.2, -0.15) is 5.11 Å². The number of hydrogen-bond donors (Lipinski definition) is 0. The summed E-state index contributed by atoms with van der Waals surface area (Å²) >= 11 is 1.91. The van der Waals surface area contributed by atoms with E-state index < -0.39 is 19.3 Å². The summed E-state index contributed by atoms with van der Waals surface area (Å²) in [4.78, 5) is 13.7. The molecule has 2 atom stereocenters. The number of hydrogen-bond acceptors (Lipinski definition) is 5. The van der Waals surface area contributed by atoms with E-state index in [2.05, 4.69) is 35.1 Å². The highest BCUT2D eigenvalue weighted by molar-refractivity contribution is 14.1. The Balaban J connectivity index is 1.79. The molecule has 0 bridgehead atoms. The van der Waals surface area contributed by atoms with Gasteiger partial charge in [-0.1, -0.05) is 19.6 Å². The Kier molecular flexibility index (Phi) is 4.49. The van der Waals surface area contributed by atoms with Crippen LogP contribution in [0.15, 0.2) is 33.6 Å². The number of carbonyl (C=O) groups excluding carboxylic acids is 1. The second kappa shape index (κ2) is 6.17. The quantitative estimate of drug-likeness (QED) is 0.499. The lowest BCUT2D eigenvalue weighted by Crippen LogP contribution is -2.53. The molecule has 2 heterocycles. The third kappa shape index (κ3) is 3.10. The summed E-state index contributed by atoms with van der Waals surface area (Å²) in [5, 5.41) is 11.6. The summed E-state index contributed by atoms with van der Waals surface area (Å²) in [5.41, 5.74) is 0.504. The number of anilines is 1. The smallest absolute Gasteiger partial charge is 0.414 e. The lowest BCUT2D eigenvalue weighted by molar-refractivity contribution is 0.133. The van der Waals surface area contributed by atoms with Gasteiger partial charge in [0.05, 0.1) is 26.5 Å². The topological polar surface area (TPSA) is 66.6 Å². The molecule has 1 unspecified atom stereocenters. The molecule has 0 radical (unpaired) electrons. The number of amides is 1. The predicted molar refractivity (Wildman–Crippen MR) is 101 cm³/mol. The van der Waals surface area contributed by atoms with Crippen molar-refractivity contribution in [3.63, 3.8) is 0 Å². The van der Waals surface area contributed by atoms with Gasteiger partial charge in [-0.3, -0.25) is 4.90 Å². The van der Waals surface area contributed by atoms with Gasteiger partial charge in [0.25, 0.3) is 0 Å². The highest BCUT2D eigenvalue weighted by Gasteiger charge is 2.49. The number of ether oxygens (including phenoxy) is 1. The van der Waals surface area contributed by atoms with E-state index >= 15 is 0 Å². The minimum absolute atomic E-state index is 0.324. The highest BCUT2D eigenvalue weighted by Crippen LogP contribution is 2.35. The zero-order valence-corrected chi connectivity index (χ0v) is 16.8. The molecule has 0 N–H and O–H groups in total. The van der Waals surface area contributed by atoms with Crippen LogP contribution in [0, 0.1) is 9.39 Å². The maximum atomic E-state index is 13.8. The standard InChI is InChI=1S/C15H18FIN4O2Si/c1-24(2,3)15(9-18-20-19-15)7-11-8-21(14(22)23-11)10-4-5-13(17)12(16)6-10/h4-6,9,11H,7-8H2,1-3H3/t11-,15?/m1/s1. The van der Waals surface area contributed by atoms with Gasteiger partial charge in [0.15, 0.2) is 0 Å². The monoisotopic (exact) mass is 460 g/mol. The molecule has 24 heavy (non-hydrogen) atoms. The fourth-order valence-electron chi connectivity index (χ4n) is 2.83. The van der Waals surface area contributed by atoms with Crippen LogP contribution in [0.3, 0.4) is 0 Å². The van der Waals surface area contributed by atoms with Crippen LogP contribution in [0.1, 0.15) is 6.42 Å². The van der Waals surface area contributed by atoms with E-state index in [4.69, 9.17) is 4.74 Å². The number of cyclic esters (lactones) is 1. The highest BCUT2D eigenvalue weighted by atomic mass is 127. The first-order valence-electron chi connectivity index (χ1n) is 7.61. The zero-order chi connectivity index (χ0) is 17.5. The van der Waals surface area contributed by atoms with Crippen molar-refractivity contribution in [1.29, 1.82) is 0 Å². The third-order valence-corrected chi connectivity index (χ3v) is 8.38. The molecule has 0 saturated carbocycles. The summed E-state index contributed by atoms with van der Waals surface area (Å²) < 4.78 is 19.8. The Morgan fingerprint density at radius 3 is 2.79 bits per heavy atom. The molecule has 1 aromatic carbocycles. The molecule has 0 aliphatic carbocycles. The molecule has 128 valence electrons. The van der Waals surface area contributed by atoms with E-state index in [1.54, 1.807) is 18.3 Å². The van der Waals surface area contributed by atoms with Crippen molar-refractivity contribution in [3.8, 4) is 0 Å². The first-order valence-corrected chi connectivity index (χ1v) is 12.2. The minimum atomic E-state index is -1.76. The van der Waals surface area contributed by atoms with Gasteiger partial charge in [-0.05, 0) is 46.0 Å². The molecule has 6 nitrogen and oxygen atoms in total. The van der Waals surface area contributed by atoms with Crippen molar-refractivity contribution in [1.82, 2.24) is 0 Å². The van der Waals surface area contributed by atoms with E-state index in [0.717, 1.165) is 0 Å². The second-order valence-corrected chi connectivity index (χ2v) is 13.6. The molecular formula is C15H18FIN4O2Si. The van der Waals surface area contributed by atoms with E-state index in [1.807, 2.05) is 22.6 Å². The van der Waals surface area contributed by atoms with Crippen molar-refractivity contribution in [2.45, 2.75) is 37.3 Å². The predicted octanol–water partition coefficient (Wildman–Crippen LogP) is 4.21. The van der Waals surface area contributed by atoms with Gasteiger partial charge < -0.3 is 4.74 Å². The largest absolute Gasteiger partial charge is 0.444 e. The Hall–Kier alpha value is -1.36. The summed E-state index contributed by atoms with van der Waals surface area (Å²) in [5.74, 6) is -0.348. The summed E-state index contributed by atoms with van der Waals surface area (Å²) in [6.07, 6.45) is 1.54. The lowest BCUT2D eigenvalue weighted by atomic mass is 10.1. The van der Waals surface area contributed by atoms with Crippen molar-refractivity contribution < 1.29 is 13.9 Å². The van der Waals surface area contributed by atoms with Crippen LogP contribution in [0.5, 0.6) is 0 Å². The average Bonchev–Trinajstić information content (AvgIpc) is 3.09. The van der Waals surface area contributed by atoms with Crippen molar-refractivity contribution >= 4 is 48.7 Å². The Morgan fingerprint density at radius 1 is 1.46 bits per heavy atom. The average molecular weight is 460 g/mol. The number of nitrogens with zero attached hydrogens (tertiary/aromatic N) is 4. The molecule has 2 aliphatic rings. The molecule has 1 aromatic rings. The van der Waals surface area contributed by atoms with Gasteiger partial charge in [0.2, 0.25) is 0 Å². The lowest BCUT2D eigenvalue weighted by Gasteiger charge is -2.34. The van der Waals surface area contributed by atoms with Crippen LogP contribution < -0.4 is 4.90 Å². The molecule has 3 rings (SSSR count). The van der Waals surface area contributed by atoms with E-state index in [-0.39, 0.29) is 11.9 Å². The van der Waals surface area contributed by atoms with Crippen LogP contribution in [0.4, 0.5) is 14.9 Å². The van der Waals surface area contributed by atoms with E-state index in [9.17, 15) is 9.18 Å². The summed E-state index contributed by atoms with van der Waals surface area (Å²) in [6.45, 7) is 6.93. The minimum Gasteiger partial charge on any atom is -0.444 e. The molecule has 1 amide bonds. The van der Waals surface area contributed by atoms with Gasteiger partial charge in [-0.15, -0.1) is 5.10 Å². The molecule has 1 fully saturated rings. The molecule has 9 heteroatoms. The fourth-order valence-corrected chi connectivity index (χ4v) is 4.80. The second-order valence-electron chi connectivity index (χ2n) is 7.03. The van der Waals surface area contributed by atoms with Crippen molar-refractivity contribution in [2.75, 3.05) is 11.4 Å². The normalized spacial score (nSPS) is 26.3. The van der Waals surface area contributed by atoms with Crippen LogP contribution in [0.25, 0.3) is 0 Å². The van der Waals surface area contributed by atoms with Crippen LogP contribution >= 0.6 is 22.6 Å². The molecule has 0 aromatic heterocycles. The van der Waals surface area contributed by atoms with Crippen molar-refractivity contribution in [3.05, 3.63) is 27.6 Å². The van der Waals surface area contributed by atoms with Crippen LogP contribution in [0.2, 0.25) is 19.6 Å². The fraction of sp³-hybridized carbons (Fsp3) is 0.467.